The van der Waals surface area contributed by atoms with Gasteiger partial charge in [0.15, 0.2) is 0 Å². The predicted octanol–water partition coefficient (Wildman–Crippen LogP) is 2.53. The second-order valence-electron chi connectivity index (χ2n) is 4.84. The summed E-state index contributed by atoms with van der Waals surface area (Å²) < 4.78 is 0. The number of benzene rings is 1. The summed E-state index contributed by atoms with van der Waals surface area (Å²) in [5.41, 5.74) is 8.62. The number of carbonyl (C=O) groups is 1. The van der Waals surface area contributed by atoms with E-state index in [9.17, 15) is 4.79 Å². The van der Waals surface area contributed by atoms with E-state index in [1.54, 1.807) is 12.5 Å². The van der Waals surface area contributed by atoms with Crippen LogP contribution in [0.15, 0.2) is 36.8 Å². The van der Waals surface area contributed by atoms with Crippen molar-refractivity contribution < 1.29 is 4.79 Å². The van der Waals surface area contributed by atoms with Crippen LogP contribution in [0, 0.1) is 0 Å². The number of hydrogen-bond donors (Lipinski definition) is 3. The van der Waals surface area contributed by atoms with Gasteiger partial charge in [0.2, 0.25) is 5.91 Å². The number of rotatable bonds is 6. The highest BCUT2D eigenvalue weighted by Crippen LogP contribution is 2.18. The van der Waals surface area contributed by atoms with Gasteiger partial charge in [-0.2, -0.15) is 0 Å². The third-order valence-corrected chi connectivity index (χ3v) is 3.08. The van der Waals surface area contributed by atoms with Gasteiger partial charge >= 0.3 is 0 Å². The van der Waals surface area contributed by atoms with E-state index in [-0.39, 0.29) is 11.9 Å². The number of nitrogens with zero attached hydrogens (tertiary/aromatic N) is 1. The number of aromatic nitrogens is 2. The highest BCUT2D eigenvalue weighted by atomic mass is 16.1. The standard InChI is InChI=1S/C15H20N4O/c1-2-3-12(16)8-15(20)19-13-6-4-11(5-7-13)14-9-17-10-18-14/h4-7,9-10,12H,2-3,8,16H2,1H3,(H,17,18)(H,19,20). The monoisotopic (exact) mass is 272 g/mol. The van der Waals surface area contributed by atoms with Crippen LogP contribution in [-0.2, 0) is 4.79 Å². The summed E-state index contributed by atoms with van der Waals surface area (Å²) in [6.45, 7) is 2.06. The van der Waals surface area contributed by atoms with Crippen molar-refractivity contribution in [2.45, 2.75) is 32.2 Å². The van der Waals surface area contributed by atoms with Gasteiger partial charge in [-0.05, 0) is 24.1 Å². The molecule has 0 radical (unpaired) electrons. The van der Waals surface area contributed by atoms with E-state index in [0.29, 0.717) is 6.42 Å². The van der Waals surface area contributed by atoms with Gasteiger partial charge in [-0.3, -0.25) is 4.79 Å². The van der Waals surface area contributed by atoms with Crippen molar-refractivity contribution in [3.05, 3.63) is 36.8 Å². The highest BCUT2D eigenvalue weighted by Gasteiger charge is 2.09. The quantitative estimate of drug-likeness (QED) is 0.755. The van der Waals surface area contributed by atoms with Crippen molar-refractivity contribution in [1.82, 2.24) is 9.97 Å². The zero-order valence-electron chi connectivity index (χ0n) is 11.6. The molecule has 0 saturated heterocycles. The topological polar surface area (TPSA) is 83.8 Å². The van der Waals surface area contributed by atoms with Crippen LogP contribution < -0.4 is 11.1 Å². The summed E-state index contributed by atoms with van der Waals surface area (Å²) in [6, 6.07) is 7.56. The van der Waals surface area contributed by atoms with E-state index in [1.807, 2.05) is 24.3 Å². The molecule has 0 fully saturated rings. The number of nitrogens with one attached hydrogen (secondary N) is 2. The molecule has 1 aromatic carbocycles. The Labute approximate surface area is 118 Å². The molecule has 5 nitrogen and oxygen atoms in total. The second kappa shape index (κ2) is 6.86. The number of anilines is 1. The maximum atomic E-state index is 11.8. The number of amides is 1. The first-order valence-corrected chi connectivity index (χ1v) is 6.83. The molecule has 0 saturated carbocycles. The first-order valence-electron chi connectivity index (χ1n) is 6.83. The lowest BCUT2D eigenvalue weighted by Gasteiger charge is -2.10. The van der Waals surface area contributed by atoms with E-state index < -0.39 is 0 Å². The van der Waals surface area contributed by atoms with Gasteiger partial charge in [0.25, 0.3) is 0 Å². The van der Waals surface area contributed by atoms with Crippen molar-refractivity contribution >= 4 is 11.6 Å². The molecule has 1 amide bonds. The van der Waals surface area contributed by atoms with E-state index in [2.05, 4.69) is 22.2 Å². The van der Waals surface area contributed by atoms with Crippen LogP contribution in [0.25, 0.3) is 11.3 Å². The normalized spacial score (nSPS) is 12.1. The third-order valence-electron chi connectivity index (χ3n) is 3.08. The summed E-state index contributed by atoms with van der Waals surface area (Å²) in [7, 11) is 0. The lowest BCUT2D eigenvalue weighted by molar-refractivity contribution is -0.116. The molecule has 5 heteroatoms. The van der Waals surface area contributed by atoms with Crippen molar-refractivity contribution in [1.29, 1.82) is 0 Å². The lowest BCUT2D eigenvalue weighted by Crippen LogP contribution is -2.26. The van der Waals surface area contributed by atoms with Crippen LogP contribution in [0.5, 0.6) is 0 Å². The SMILES string of the molecule is CCCC(N)CC(=O)Nc1ccc(-c2cnc[nH]2)cc1. The number of carbonyl (C=O) groups excluding carboxylic acids is 1. The fourth-order valence-corrected chi connectivity index (χ4v) is 2.07. The molecule has 0 spiro atoms. The molecule has 2 rings (SSSR count). The zero-order valence-corrected chi connectivity index (χ0v) is 11.6. The minimum atomic E-state index is -0.0655. The number of hydrogen-bond acceptors (Lipinski definition) is 3. The summed E-state index contributed by atoms with van der Waals surface area (Å²) in [6.07, 6.45) is 5.62. The number of H-pyrrole nitrogens is 1. The van der Waals surface area contributed by atoms with Crippen molar-refractivity contribution in [2.75, 3.05) is 5.32 Å². The first kappa shape index (κ1) is 14.3. The Morgan fingerprint density at radius 1 is 1.40 bits per heavy atom. The van der Waals surface area contributed by atoms with Crippen molar-refractivity contribution in [3.63, 3.8) is 0 Å². The van der Waals surface area contributed by atoms with Crippen LogP contribution in [0.3, 0.4) is 0 Å². The molecule has 2 aromatic rings. The second-order valence-corrected chi connectivity index (χ2v) is 4.84. The lowest BCUT2D eigenvalue weighted by atomic mass is 10.1. The summed E-state index contributed by atoms with van der Waals surface area (Å²) in [5, 5.41) is 2.86. The Morgan fingerprint density at radius 2 is 2.15 bits per heavy atom. The third kappa shape index (κ3) is 3.93. The van der Waals surface area contributed by atoms with Crippen LogP contribution in [0.2, 0.25) is 0 Å². The molecule has 0 aliphatic heterocycles. The minimum Gasteiger partial charge on any atom is -0.345 e. The highest BCUT2D eigenvalue weighted by molar-refractivity contribution is 5.91. The molecule has 1 atom stereocenters. The number of aromatic amines is 1. The molecule has 0 bridgehead atoms. The molecule has 0 aliphatic rings. The van der Waals surface area contributed by atoms with Crippen LogP contribution in [0.4, 0.5) is 5.69 Å². The summed E-state index contributed by atoms with van der Waals surface area (Å²) in [5.74, 6) is -0.0414. The van der Waals surface area contributed by atoms with Gasteiger partial charge in [0.05, 0.1) is 18.2 Å². The van der Waals surface area contributed by atoms with E-state index in [1.165, 1.54) is 0 Å². The van der Waals surface area contributed by atoms with Gasteiger partial charge in [0.1, 0.15) is 0 Å². The van der Waals surface area contributed by atoms with Crippen LogP contribution in [0.1, 0.15) is 26.2 Å². The van der Waals surface area contributed by atoms with E-state index >= 15 is 0 Å². The van der Waals surface area contributed by atoms with Crippen molar-refractivity contribution in [3.8, 4) is 11.3 Å². The Kier molecular flexibility index (Phi) is 4.90. The maximum Gasteiger partial charge on any atom is 0.225 e. The molecular weight excluding hydrogens is 252 g/mol. The van der Waals surface area contributed by atoms with Crippen LogP contribution in [-0.4, -0.2) is 21.9 Å². The maximum absolute atomic E-state index is 11.8. The molecule has 1 heterocycles. The smallest absolute Gasteiger partial charge is 0.225 e. The van der Waals surface area contributed by atoms with Crippen LogP contribution >= 0.6 is 0 Å². The van der Waals surface area contributed by atoms with Crippen molar-refractivity contribution in [2.24, 2.45) is 5.73 Å². The Balaban J connectivity index is 1.92. The molecule has 20 heavy (non-hydrogen) atoms. The predicted molar refractivity (Wildman–Crippen MR) is 80.2 cm³/mol. The molecular formula is C15H20N4O. The van der Waals surface area contributed by atoms with Gasteiger partial charge in [-0.15, -0.1) is 0 Å². The fraction of sp³-hybridized carbons (Fsp3) is 0.333. The van der Waals surface area contributed by atoms with Gasteiger partial charge in [-0.25, -0.2) is 4.98 Å². The summed E-state index contributed by atoms with van der Waals surface area (Å²) >= 11 is 0. The van der Waals surface area contributed by atoms with E-state index in [0.717, 1.165) is 29.8 Å². The Bertz CT molecular complexity index is 534. The molecule has 106 valence electrons. The molecule has 1 unspecified atom stereocenters. The fourth-order valence-electron chi connectivity index (χ4n) is 2.07. The first-order chi connectivity index (χ1) is 9.69. The Hall–Kier alpha value is -2.14. The largest absolute Gasteiger partial charge is 0.345 e. The molecule has 0 aliphatic carbocycles. The molecule has 1 aromatic heterocycles. The zero-order chi connectivity index (χ0) is 14.4. The van der Waals surface area contributed by atoms with Gasteiger partial charge in [0, 0.05) is 18.2 Å². The minimum absolute atomic E-state index is 0.0414. The number of nitrogens with two attached hydrogens (primary N) is 1. The average molecular weight is 272 g/mol. The number of imidazole rings is 1. The Morgan fingerprint density at radius 3 is 2.75 bits per heavy atom. The van der Waals surface area contributed by atoms with E-state index in [4.69, 9.17) is 5.73 Å². The summed E-state index contributed by atoms with van der Waals surface area (Å²) in [4.78, 5) is 18.8. The van der Waals surface area contributed by atoms with Gasteiger partial charge in [-0.1, -0.05) is 25.5 Å². The van der Waals surface area contributed by atoms with Gasteiger partial charge < -0.3 is 16.0 Å². The average Bonchev–Trinajstić information content (AvgIpc) is 2.93. The molecule has 4 N–H and O–H groups in total.